The lowest BCUT2D eigenvalue weighted by atomic mass is 10.1. The first kappa shape index (κ1) is 14.8. The fourth-order valence-corrected chi connectivity index (χ4v) is 2.76. The van der Waals surface area contributed by atoms with Crippen LogP contribution in [-0.2, 0) is 0 Å². The summed E-state index contributed by atoms with van der Waals surface area (Å²) in [6.07, 6.45) is 0. The van der Waals surface area contributed by atoms with Crippen LogP contribution in [0.1, 0.15) is 28.2 Å². The number of carbonyl (C=O) groups excluding carboxylic acids is 1. The van der Waals surface area contributed by atoms with Gasteiger partial charge in [0.05, 0.1) is 12.1 Å². The van der Waals surface area contributed by atoms with E-state index in [0.717, 1.165) is 17.0 Å². The molecule has 0 amide bonds. The van der Waals surface area contributed by atoms with E-state index in [1.165, 1.54) is 6.07 Å². The van der Waals surface area contributed by atoms with Gasteiger partial charge in [-0.2, -0.15) is 0 Å². The molecule has 1 unspecified atom stereocenters. The van der Waals surface area contributed by atoms with E-state index in [1.54, 1.807) is 11.3 Å². The molecule has 5 heteroatoms. The zero-order valence-corrected chi connectivity index (χ0v) is 12.1. The normalized spacial score (nSPS) is 12.7. The fraction of sp³-hybridized carbons (Fsp3) is 0.267. The minimum atomic E-state index is -0.813. The van der Waals surface area contributed by atoms with Gasteiger partial charge in [0.15, 0.2) is 5.78 Å². The van der Waals surface area contributed by atoms with Crippen molar-refractivity contribution in [2.75, 3.05) is 13.6 Å². The number of benzene rings is 1. The van der Waals surface area contributed by atoms with E-state index in [2.05, 4.69) is 0 Å². The summed E-state index contributed by atoms with van der Waals surface area (Å²) in [5, 5.41) is 1.97. The maximum atomic E-state index is 13.5. The van der Waals surface area contributed by atoms with Gasteiger partial charge in [0, 0.05) is 17.0 Å². The van der Waals surface area contributed by atoms with Crippen molar-refractivity contribution in [2.45, 2.75) is 13.0 Å². The van der Waals surface area contributed by atoms with Gasteiger partial charge in [-0.05, 0) is 37.6 Å². The van der Waals surface area contributed by atoms with Crippen LogP contribution < -0.4 is 0 Å². The third-order valence-electron chi connectivity index (χ3n) is 3.24. The van der Waals surface area contributed by atoms with Crippen LogP contribution in [0, 0.1) is 11.6 Å². The number of ketones is 1. The Morgan fingerprint density at radius 2 is 2.10 bits per heavy atom. The van der Waals surface area contributed by atoms with Gasteiger partial charge in [0.1, 0.15) is 11.6 Å². The SMILES string of the molecule is CC(c1cccs1)N(C)CC(=O)c1ccc(F)cc1F. The van der Waals surface area contributed by atoms with E-state index >= 15 is 0 Å². The number of halogens is 2. The van der Waals surface area contributed by atoms with Crippen LogP contribution in [0.15, 0.2) is 35.7 Å². The van der Waals surface area contributed by atoms with Gasteiger partial charge < -0.3 is 0 Å². The number of hydrogen-bond acceptors (Lipinski definition) is 3. The molecule has 2 aromatic rings. The second kappa shape index (κ2) is 6.24. The Morgan fingerprint density at radius 3 is 2.70 bits per heavy atom. The van der Waals surface area contributed by atoms with Crippen LogP contribution in [0.25, 0.3) is 0 Å². The molecule has 1 aromatic heterocycles. The molecular formula is C15H15F2NOS. The highest BCUT2D eigenvalue weighted by atomic mass is 32.1. The molecule has 0 bridgehead atoms. The van der Waals surface area contributed by atoms with E-state index in [9.17, 15) is 13.6 Å². The highest BCUT2D eigenvalue weighted by molar-refractivity contribution is 7.10. The van der Waals surface area contributed by atoms with E-state index < -0.39 is 11.6 Å². The summed E-state index contributed by atoms with van der Waals surface area (Å²) in [6.45, 7) is 2.07. The lowest BCUT2D eigenvalue weighted by Gasteiger charge is -2.23. The highest BCUT2D eigenvalue weighted by Gasteiger charge is 2.19. The molecule has 1 heterocycles. The molecule has 0 saturated carbocycles. The van der Waals surface area contributed by atoms with Gasteiger partial charge in [-0.1, -0.05) is 6.07 Å². The quantitative estimate of drug-likeness (QED) is 0.780. The smallest absolute Gasteiger partial charge is 0.179 e. The Kier molecular flexibility index (Phi) is 4.62. The third-order valence-corrected chi connectivity index (χ3v) is 4.28. The largest absolute Gasteiger partial charge is 0.293 e. The summed E-state index contributed by atoms with van der Waals surface area (Å²) >= 11 is 1.61. The predicted molar refractivity (Wildman–Crippen MR) is 76.1 cm³/mol. The van der Waals surface area contributed by atoms with Crippen LogP contribution >= 0.6 is 11.3 Å². The van der Waals surface area contributed by atoms with Gasteiger partial charge in [-0.15, -0.1) is 11.3 Å². The van der Waals surface area contributed by atoms with Crippen molar-refractivity contribution < 1.29 is 13.6 Å². The average molecular weight is 295 g/mol. The average Bonchev–Trinajstić information content (AvgIpc) is 2.91. The second-order valence-electron chi connectivity index (χ2n) is 4.65. The zero-order chi connectivity index (χ0) is 14.7. The molecule has 0 N–H and O–H groups in total. The zero-order valence-electron chi connectivity index (χ0n) is 11.3. The van der Waals surface area contributed by atoms with Gasteiger partial charge in [-0.25, -0.2) is 8.78 Å². The first-order chi connectivity index (χ1) is 9.49. The van der Waals surface area contributed by atoms with Crippen LogP contribution in [0.3, 0.4) is 0 Å². The van der Waals surface area contributed by atoms with Crippen LogP contribution in [0.4, 0.5) is 8.78 Å². The molecule has 2 nitrogen and oxygen atoms in total. The summed E-state index contributed by atoms with van der Waals surface area (Å²) in [4.78, 5) is 15.0. The molecule has 0 radical (unpaired) electrons. The van der Waals surface area contributed by atoms with Crippen LogP contribution in [-0.4, -0.2) is 24.3 Å². The second-order valence-corrected chi connectivity index (χ2v) is 5.63. The number of nitrogens with zero attached hydrogens (tertiary/aromatic N) is 1. The molecule has 0 fully saturated rings. The molecule has 0 saturated heterocycles. The Labute approximate surface area is 120 Å². The van der Waals surface area contributed by atoms with E-state index in [0.29, 0.717) is 0 Å². The summed E-state index contributed by atoms with van der Waals surface area (Å²) in [5.74, 6) is -1.85. The third kappa shape index (κ3) is 3.29. The molecule has 1 atom stereocenters. The number of thiophene rings is 1. The van der Waals surface area contributed by atoms with Crippen molar-refractivity contribution in [3.63, 3.8) is 0 Å². The van der Waals surface area contributed by atoms with Gasteiger partial charge in [-0.3, -0.25) is 9.69 Å². The van der Waals surface area contributed by atoms with Crippen molar-refractivity contribution in [3.8, 4) is 0 Å². The Balaban J connectivity index is 2.07. The van der Waals surface area contributed by atoms with Crippen molar-refractivity contribution in [3.05, 3.63) is 57.8 Å². The number of rotatable bonds is 5. The lowest BCUT2D eigenvalue weighted by Crippen LogP contribution is -2.28. The van der Waals surface area contributed by atoms with Crippen molar-refractivity contribution >= 4 is 17.1 Å². The van der Waals surface area contributed by atoms with Crippen molar-refractivity contribution in [1.29, 1.82) is 0 Å². The molecule has 20 heavy (non-hydrogen) atoms. The number of hydrogen-bond donors (Lipinski definition) is 0. The van der Waals surface area contributed by atoms with Crippen molar-refractivity contribution in [1.82, 2.24) is 4.90 Å². The first-order valence-corrected chi connectivity index (χ1v) is 7.09. The minimum Gasteiger partial charge on any atom is -0.293 e. The lowest BCUT2D eigenvalue weighted by molar-refractivity contribution is 0.0921. The first-order valence-electron chi connectivity index (χ1n) is 6.21. The molecular weight excluding hydrogens is 280 g/mol. The topological polar surface area (TPSA) is 20.3 Å². The highest BCUT2D eigenvalue weighted by Crippen LogP contribution is 2.23. The maximum absolute atomic E-state index is 13.5. The standard InChI is InChI=1S/C15H15F2NOS/c1-10(15-4-3-7-20-15)18(2)9-14(19)12-6-5-11(16)8-13(12)17/h3-8,10H,9H2,1-2H3. The Hall–Kier alpha value is -1.59. The Morgan fingerprint density at radius 1 is 1.35 bits per heavy atom. The van der Waals surface area contributed by atoms with E-state index in [4.69, 9.17) is 0 Å². The van der Waals surface area contributed by atoms with Crippen molar-refractivity contribution in [2.24, 2.45) is 0 Å². The summed E-state index contributed by atoms with van der Waals surface area (Å²) in [6, 6.07) is 7.04. The summed E-state index contributed by atoms with van der Waals surface area (Å²) in [7, 11) is 1.81. The number of Topliss-reactive ketones (excluding diaryl/α,β-unsaturated/α-hetero) is 1. The molecule has 106 valence electrons. The molecule has 1 aromatic carbocycles. The van der Waals surface area contributed by atoms with Gasteiger partial charge >= 0.3 is 0 Å². The molecule has 0 aliphatic rings. The molecule has 0 aliphatic heterocycles. The molecule has 2 rings (SSSR count). The van der Waals surface area contributed by atoms with E-state index in [-0.39, 0.29) is 23.9 Å². The monoisotopic (exact) mass is 295 g/mol. The Bertz CT molecular complexity index is 598. The van der Waals surface area contributed by atoms with Crippen LogP contribution in [0.2, 0.25) is 0 Å². The van der Waals surface area contributed by atoms with Gasteiger partial charge in [0.2, 0.25) is 0 Å². The number of carbonyl (C=O) groups is 1. The summed E-state index contributed by atoms with van der Waals surface area (Å²) in [5.41, 5.74) is -0.0726. The minimum absolute atomic E-state index is 0.0717. The molecule has 0 spiro atoms. The van der Waals surface area contributed by atoms with E-state index in [1.807, 2.05) is 36.4 Å². The molecule has 0 aliphatic carbocycles. The number of likely N-dealkylation sites (N-methyl/N-ethyl adjacent to an activating group) is 1. The van der Waals surface area contributed by atoms with Crippen LogP contribution in [0.5, 0.6) is 0 Å². The van der Waals surface area contributed by atoms with Gasteiger partial charge in [0.25, 0.3) is 0 Å². The fourth-order valence-electron chi connectivity index (χ4n) is 1.91. The maximum Gasteiger partial charge on any atom is 0.179 e. The summed E-state index contributed by atoms with van der Waals surface area (Å²) < 4.78 is 26.4. The predicted octanol–water partition coefficient (Wildman–Crippen LogP) is 3.90.